The van der Waals surface area contributed by atoms with Gasteiger partial charge in [-0.2, -0.15) is 5.10 Å². The van der Waals surface area contributed by atoms with Gasteiger partial charge in [0.15, 0.2) is 11.5 Å². The molecule has 9 heteroatoms. The molecule has 27 heavy (non-hydrogen) atoms. The molecule has 0 aliphatic rings. The number of hydrogen-bond acceptors (Lipinski definition) is 6. The van der Waals surface area contributed by atoms with Gasteiger partial charge < -0.3 is 14.8 Å². The first-order valence-electron chi connectivity index (χ1n) is 7.90. The molecule has 0 atom stereocenters. The van der Waals surface area contributed by atoms with Crippen molar-refractivity contribution in [2.75, 3.05) is 19.5 Å². The van der Waals surface area contributed by atoms with Gasteiger partial charge in [0.2, 0.25) is 5.91 Å². The number of pyridine rings is 1. The molecule has 0 spiro atoms. The van der Waals surface area contributed by atoms with Gasteiger partial charge in [0, 0.05) is 17.5 Å². The van der Waals surface area contributed by atoms with Crippen LogP contribution in [0.4, 0.5) is 5.82 Å². The number of anilines is 1. The first-order chi connectivity index (χ1) is 12.9. The van der Waals surface area contributed by atoms with Crippen molar-refractivity contribution >= 4 is 34.9 Å². The molecular formula is C18H19ClN4O4. The first kappa shape index (κ1) is 20.2. The standard InChI is InChI=1S/C18H19ClN4O4/c1-11(8-17(24)21-16-7-5-13(19)10-20-16)22-23-18(25)12-4-6-14(26-2)15(9-12)27-3/h4-7,9-10H,8H2,1-3H3,(H,23,25)(H,20,21,24). The molecule has 8 nitrogen and oxygen atoms in total. The van der Waals surface area contributed by atoms with E-state index in [1.165, 1.54) is 26.5 Å². The number of aromatic nitrogens is 1. The lowest BCUT2D eigenvalue weighted by molar-refractivity contribution is -0.115. The van der Waals surface area contributed by atoms with Crippen molar-refractivity contribution in [2.45, 2.75) is 13.3 Å². The fourth-order valence-corrected chi connectivity index (χ4v) is 2.21. The summed E-state index contributed by atoms with van der Waals surface area (Å²) in [5.74, 6) is 0.579. The van der Waals surface area contributed by atoms with E-state index in [4.69, 9.17) is 21.1 Å². The van der Waals surface area contributed by atoms with Crippen LogP contribution in [0.25, 0.3) is 0 Å². The molecule has 0 unspecified atom stereocenters. The summed E-state index contributed by atoms with van der Waals surface area (Å²) in [6.45, 7) is 1.63. The maximum Gasteiger partial charge on any atom is 0.271 e. The Morgan fingerprint density at radius 2 is 1.89 bits per heavy atom. The second-order valence-electron chi connectivity index (χ2n) is 5.44. The number of carbonyl (C=O) groups is 2. The number of benzene rings is 1. The van der Waals surface area contributed by atoms with E-state index < -0.39 is 5.91 Å². The molecule has 1 heterocycles. The lowest BCUT2D eigenvalue weighted by atomic mass is 10.2. The molecular weight excluding hydrogens is 372 g/mol. The minimum atomic E-state index is -0.435. The molecule has 0 radical (unpaired) electrons. The molecule has 0 saturated carbocycles. The normalized spacial score (nSPS) is 10.9. The van der Waals surface area contributed by atoms with E-state index in [9.17, 15) is 9.59 Å². The van der Waals surface area contributed by atoms with Gasteiger partial charge in [-0.15, -0.1) is 0 Å². The monoisotopic (exact) mass is 390 g/mol. The molecule has 1 aromatic heterocycles. The van der Waals surface area contributed by atoms with E-state index in [0.29, 0.717) is 33.6 Å². The summed E-state index contributed by atoms with van der Waals surface area (Å²) in [4.78, 5) is 28.1. The Balaban J connectivity index is 1.93. The van der Waals surface area contributed by atoms with Gasteiger partial charge in [0.25, 0.3) is 5.91 Å². The molecule has 0 bridgehead atoms. The Morgan fingerprint density at radius 1 is 1.15 bits per heavy atom. The van der Waals surface area contributed by atoms with Crippen molar-refractivity contribution in [3.63, 3.8) is 0 Å². The van der Waals surface area contributed by atoms with E-state index in [1.807, 2.05) is 0 Å². The van der Waals surface area contributed by atoms with E-state index in [-0.39, 0.29) is 12.3 Å². The predicted molar refractivity (Wildman–Crippen MR) is 103 cm³/mol. The van der Waals surface area contributed by atoms with Gasteiger partial charge in [-0.3, -0.25) is 9.59 Å². The van der Waals surface area contributed by atoms with Crippen LogP contribution in [0.2, 0.25) is 5.02 Å². The Morgan fingerprint density at radius 3 is 2.52 bits per heavy atom. The minimum Gasteiger partial charge on any atom is -0.493 e. The van der Waals surface area contributed by atoms with Crippen molar-refractivity contribution in [2.24, 2.45) is 5.10 Å². The fraction of sp³-hybridized carbons (Fsp3) is 0.222. The average molecular weight is 391 g/mol. The highest BCUT2D eigenvalue weighted by Gasteiger charge is 2.11. The SMILES string of the molecule is COc1ccc(C(=O)NN=C(C)CC(=O)Nc2ccc(Cl)cn2)cc1OC. The smallest absolute Gasteiger partial charge is 0.271 e. The number of amides is 2. The fourth-order valence-electron chi connectivity index (χ4n) is 2.10. The van der Waals surface area contributed by atoms with Crippen molar-refractivity contribution in [3.8, 4) is 11.5 Å². The van der Waals surface area contributed by atoms with E-state index in [0.717, 1.165) is 0 Å². The van der Waals surface area contributed by atoms with Crippen LogP contribution in [0.5, 0.6) is 11.5 Å². The van der Waals surface area contributed by atoms with Crippen molar-refractivity contribution < 1.29 is 19.1 Å². The van der Waals surface area contributed by atoms with E-state index >= 15 is 0 Å². The van der Waals surface area contributed by atoms with Crippen LogP contribution in [-0.2, 0) is 4.79 Å². The predicted octanol–water partition coefficient (Wildman–Crippen LogP) is 2.89. The number of halogens is 1. The molecule has 1 aromatic carbocycles. The lowest BCUT2D eigenvalue weighted by Gasteiger charge is -2.09. The van der Waals surface area contributed by atoms with Crippen molar-refractivity contribution in [3.05, 3.63) is 47.1 Å². The third-order valence-corrected chi connectivity index (χ3v) is 3.63. The van der Waals surface area contributed by atoms with Crippen molar-refractivity contribution in [1.82, 2.24) is 10.4 Å². The average Bonchev–Trinajstić information content (AvgIpc) is 2.67. The molecule has 142 valence electrons. The quantitative estimate of drug-likeness (QED) is 0.559. The Hall–Kier alpha value is -3.13. The molecule has 2 aromatic rings. The van der Waals surface area contributed by atoms with Crippen LogP contribution in [0, 0.1) is 0 Å². The molecule has 0 fully saturated rings. The number of nitrogens with zero attached hydrogens (tertiary/aromatic N) is 2. The summed E-state index contributed by atoms with van der Waals surface area (Å²) in [5.41, 5.74) is 3.18. The van der Waals surface area contributed by atoms with E-state index in [1.54, 1.807) is 31.2 Å². The summed E-state index contributed by atoms with van der Waals surface area (Å²) < 4.78 is 10.3. The number of hydrazone groups is 1. The highest BCUT2D eigenvalue weighted by molar-refractivity contribution is 6.30. The van der Waals surface area contributed by atoms with Gasteiger partial charge in [-0.1, -0.05) is 11.6 Å². The Kier molecular flexibility index (Phi) is 7.13. The van der Waals surface area contributed by atoms with Gasteiger partial charge in [-0.05, 0) is 37.3 Å². The second kappa shape index (κ2) is 9.54. The maximum atomic E-state index is 12.2. The zero-order valence-electron chi connectivity index (χ0n) is 15.1. The highest BCUT2D eigenvalue weighted by atomic mass is 35.5. The minimum absolute atomic E-state index is 0.00345. The third-order valence-electron chi connectivity index (χ3n) is 3.41. The number of carbonyl (C=O) groups excluding carboxylic acids is 2. The highest BCUT2D eigenvalue weighted by Crippen LogP contribution is 2.27. The topological polar surface area (TPSA) is 102 Å². The number of nitrogens with one attached hydrogen (secondary N) is 2. The lowest BCUT2D eigenvalue weighted by Crippen LogP contribution is -2.21. The third kappa shape index (κ3) is 5.96. The zero-order valence-corrected chi connectivity index (χ0v) is 15.8. The molecule has 2 rings (SSSR count). The summed E-state index contributed by atoms with van der Waals surface area (Å²) >= 11 is 5.74. The zero-order chi connectivity index (χ0) is 19.8. The summed E-state index contributed by atoms with van der Waals surface area (Å²) in [7, 11) is 2.99. The van der Waals surface area contributed by atoms with E-state index in [2.05, 4.69) is 20.8 Å². The van der Waals surface area contributed by atoms with Crippen LogP contribution < -0.4 is 20.2 Å². The molecule has 0 aliphatic heterocycles. The van der Waals surface area contributed by atoms with Gasteiger partial charge >= 0.3 is 0 Å². The van der Waals surface area contributed by atoms with Gasteiger partial charge in [0.05, 0.1) is 25.7 Å². The maximum absolute atomic E-state index is 12.2. The van der Waals surface area contributed by atoms with Crippen LogP contribution >= 0.6 is 11.6 Å². The van der Waals surface area contributed by atoms with Crippen LogP contribution in [0.3, 0.4) is 0 Å². The largest absolute Gasteiger partial charge is 0.493 e. The Bertz CT molecular complexity index is 853. The molecule has 0 saturated heterocycles. The molecule has 2 N–H and O–H groups in total. The molecule has 2 amide bonds. The number of hydrogen-bond donors (Lipinski definition) is 2. The summed E-state index contributed by atoms with van der Waals surface area (Å²) in [5, 5.41) is 7.03. The summed E-state index contributed by atoms with van der Waals surface area (Å²) in [6, 6.07) is 7.95. The summed E-state index contributed by atoms with van der Waals surface area (Å²) in [6.07, 6.45) is 1.43. The van der Waals surface area contributed by atoms with Gasteiger partial charge in [0.1, 0.15) is 5.82 Å². The van der Waals surface area contributed by atoms with Gasteiger partial charge in [-0.25, -0.2) is 10.4 Å². The van der Waals surface area contributed by atoms with Crippen molar-refractivity contribution in [1.29, 1.82) is 0 Å². The number of ether oxygens (including phenoxy) is 2. The first-order valence-corrected chi connectivity index (χ1v) is 8.27. The van der Waals surface area contributed by atoms with Crippen LogP contribution in [-0.4, -0.2) is 36.7 Å². The molecule has 0 aliphatic carbocycles. The Labute approximate surface area is 161 Å². The number of rotatable bonds is 7. The van der Waals surface area contributed by atoms with Crippen LogP contribution in [0.1, 0.15) is 23.7 Å². The number of methoxy groups -OCH3 is 2. The second-order valence-corrected chi connectivity index (χ2v) is 5.88. The van der Waals surface area contributed by atoms with Crippen LogP contribution in [0.15, 0.2) is 41.6 Å².